The Labute approximate surface area is 181 Å². The van der Waals surface area contributed by atoms with Crippen molar-refractivity contribution in [3.05, 3.63) is 35.4 Å². The van der Waals surface area contributed by atoms with Crippen LogP contribution in [-0.2, 0) is 22.5 Å². The molecule has 0 radical (unpaired) electrons. The summed E-state index contributed by atoms with van der Waals surface area (Å²) >= 11 is 0. The number of carbonyl (C=O) groups excluding carboxylic acids is 1. The van der Waals surface area contributed by atoms with Crippen molar-refractivity contribution in [3.63, 3.8) is 0 Å². The molecule has 0 aromatic heterocycles. The monoisotopic (exact) mass is 414 g/mol. The van der Waals surface area contributed by atoms with Crippen LogP contribution in [0, 0.1) is 11.3 Å². The summed E-state index contributed by atoms with van der Waals surface area (Å²) in [6.07, 6.45) is 3.40. The molecule has 6 heteroatoms. The van der Waals surface area contributed by atoms with E-state index >= 15 is 0 Å². The van der Waals surface area contributed by atoms with E-state index in [4.69, 9.17) is 4.74 Å². The van der Waals surface area contributed by atoms with Gasteiger partial charge in [-0.2, -0.15) is 0 Å². The Morgan fingerprint density at radius 1 is 1.23 bits per heavy atom. The Balaban J connectivity index is 1.56. The Morgan fingerprint density at radius 3 is 2.73 bits per heavy atom. The van der Waals surface area contributed by atoms with Crippen LogP contribution in [0.1, 0.15) is 51.7 Å². The van der Waals surface area contributed by atoms with Gasteiger partial charge in [0.2, 0.25) is 5.91 Å². The maximum atomic E-state index is 12.7. The van der Waals surface area contributed by atoms with Gasteiger partial charge in [0.25, 0.3) is 0 Å². The number of benzene rings is 1. The number of amides is 1. The first-order valence-electron chi connectivity index (χ1n) is 11.4. The molecule has 2 atom stereocenters. The summed E-state index contributed by atoms with van der Waals surface area (Å²) < 4.78 is 6.09. The molecular weight excluding hydrogens is 376 g/mol. The Hall–Kier alpha value is -2.08. The molecular formula is C24H38N4O2. The number of hydrogen-bond donors (Lipinski definition) is 2. The van der Waals surface area contributed by atoms with Crippen LogP contribution >= 0.6 is 0 Å². The van der Waals surface area contributed by atoms with Gasteiger partial charge in [-0.3, -0.25) is 4.79 Å². The van der Waals surface area contributed by atoms with E-state index in [1.165, 1.54) is 11.1 Å². The fourth-order valence-electron chi connectivity index (χ4n) is 4.53. The molecule has 3 rings (SSSR count). The van der Waals surface area contributed by atoms with Crippen LogP contribution in [0.5, 0.6) is 0 Å². The average Bonchev–Trinajstić information content (AvgIpc) is 2.74. The van der Waals surface area contributed by atoms with E-state index < -0.39 is 0 Å². The van der Waals surface area contributed by atoms with Crippen molar-refractivity contribution in [2.24, 2.45) is 16.3 Å². The number of guanidine groups is 1. The van der Waals surface area contributed by atoms with Crippen LogP contribution in [0.4, 0.5) is 0 Å². The van der Waals surface area contributed by atoms with Gasteiger partial charge in [-0.1, -0.05) is 45.0 Å². The van der Waals surface area contributed by atoms with E-state index in [9.17, 15) is 4.79 Å². The zero-order chi connectivity index (χ0) is 21.6. The van der Waals surface area contributed by atoms with Gasteiger partial charge in [0, 0.05) is 38.7 Å². The molecule has 1 aromatic rings. The SMILES string of the molecule is CCNC(=NCC(=O)N1CCc2ccccc2C1)NCC1CCCOC1C(C)(C)C. The summed E-state index contributed by atoms with van der Waals surface area (Å²) in [4.78, 5) is 19.2. The molecule has 1 amide bonds. The van der Waals surface area contributed by atoms with Crippen molar-refractivity contribution < 1.29 is 9.53 Å². The molecule has 0 spiro atoms. The minimum atomic E-state index is 0.0790. The molecule has 1 fully saturated rings. The number of nitrogens with zero attached hydrogens (tertiary/aromatic N) is 2. The third-order valence-corrected chi connectivity index (χ3v) is 6.03. The normalized spacial score (nSPS) is 22.4. The molecule has 2 aliphatic rings. The predicted molar refractivity (Wildman–Crippen MR) is 121 cm³/mol. The first-order chi connectivity index (χ1) is 14.4. The molecule has 2 aliphatic heterocycles. The molecule has 166 valence electrons. The molecule has 1 saturated heterocycles. The highest BCUT2D eigenvalue weighted by Crippen LogP contribution is 2.33. The van der Waals surface area contributed by atoms with E-state index in [1.54, 1.807) is 0 Å². The Bertz CT molecular complexity index is 741. The molecule has 2 N–H and O–H groups in total. The van der Waals surface area contributed by atoms with Crippen molar-refractivity contribution >= 4 is 11.9 Å². The third kappa shape index (κ3) is 5.97. The number of ether oxygens (including phenoxy) is 1. The lowest BCUT2D eigenvalue weighted by Crippen LogP contribution is -2.47. The summed E-state index contributed by atoms with van der Waals surface area (Å²) in [7, 11) is 0. The van der Waals surface area contributed by atoms with Crippen molar-refractivity contribution in [2.75, 3.05) is 32.8 Å². The smallest absolute Gasteiger partial charge is 0.244 e. The molecule has 0 bridgehead atoms. The lowest BCUT2D eigenvalue weighted by molar-refractivity contribution is -0.130. The Morgan fingerprint density at radius 2 is 2.00 bits per heavy atom. The number of hydrogen-bond acceptors (Lipinski definition) is 3. The molecule has 0 aliphatic carbocycles. The number of nitrogens with one attached hydrogen (secondary N) is 2. The number of fused-ring (bicyclic) bond motifs is 1. The number of aliphatic imine (C=N–C) groups is 1. The standard InChI is InChI=1S/C24H38N4O2/c1-5-25-23(26-15-19-11-8-14-30-22(19)24(2,3)4)27-16-21(29)28-13-12-18-9-6-7-10-20(18)17-28/h6-7,9-10,19,22H,5,8,11-17H2,1-4H3,(H2,25,26,27). The van der Waals surface area contributed by atoms with Gasteiger partial charge in [0.1, 0.15) is 6.54 Å². The molecule has 0 saturated carbocycles. The molecule has 2 heterocycles. The first kappa shape index (κ1) is 22.6. The average molecular weight is 415 g/mol. The minimum absolute atomic E-state index is 0.0790. The predicted octanol–water partition coefficient (Wildman–Crippen LogP) is 2.97. The second-order valence-electron chi connectivity index (χ2n) is 9.47. The summed E-state index contributed by atoms with van der Waals surface area (Å²) in [5.74, 6) is 1.23. The van der Waals surface area contributed by atoms with Gasteiger partial charge in [0.05, 0.1) is 6.10 Å². The summed E-state index contributed by atoms with van der Waals surface area (Å²) in [6.45, 7) is 12.8. The largest absolute Gasteiger partial charge is 0.377 e. The highest BCUT2D eigenvalue weighted by atomic mass is 16.5. The van der Waals surface area contributed by atoms with Crippen LogP contribution in [-0.4, -0.2) is 55.7 Å². The van der Waals surface area contributed by atoms with Crippen molar-refractivity contribution in [1.29, 1.82) is 0 Å². The maximum Gasteiger partial charge on any atom is 0.244 e. The second kappa shape index (κ2) is 10.3. The van der Waals surface area contributed by atoms with Gasteiger partial charge in [-0.05, 0) is 42.7 Å². The fraction of sp³-hybridized carbons (Fsp3) is 0.667. The quantitative estimate of drug-likeness (QED) is 0.574. The Kier molecular flexibility index (Phi) is 7.75. The number of rotatable bonds is 5. The molecule has 6 nitrogen and oxygen atoms in total. The van der Waals surface area contributed by atoms with E-state index in [0.717, 1.165) is 45.5 Å². The van der Waals surface area contributed by atoms with Gasteiger partial charge in [0.15, 0.2) is 5.96 Å². The zero-order valence-corrected chi connectivity index (χ0v) is 19.0. The lowest BCUT2D eigenvalue weighted by atomic mass is 9.78. The fourth-order valence-corrected chi connectivity index (χ4v) is 4.53. The zero-order valence-electron chi connectivity index (χ0n) is 19.0. The summed E-state index contributed by atoms with van der Waals surface area (Å²) in [5.41, 5.74) is 2.71. The van der Waals surface area contributed by atoms with Gasteiger partial charge >= 0.3 is 0 Å². The number of carbonyl (C=O) groups is 1. The van der Waals surface area contributed by atoms with Crippen LogP contribution in [0.2, 0.25) is 0 Å². The summed E-state index contributed by atoms with van der Waals surface area (Å²) in [6, 6.07) is 8.37. The van der Waals surface area contributed by atoms with Crippen LogP contribution in [0.25, 0.3) is 0 Å². The van der Waals surface area contributed by atoms with Crippen molar-refractivity contribution in [1.82, 2.24) is 15.5 Å². The van der Waals surface area contributed by atoms with Crippen LogP contribution < -0.4 is 10.6 Å². The third-order valence-electron chi connectivity index (χ3n) is 6.03. The topological polar surface area (TPSA) is 66.0 Å². The molecule has 1 aromatic carbocycles. The van der Waals surface area contributed by atoms with Crippen LogP contribution in [0.15, 0.2) is 29.3 Å². The van der Waals surface area contributed by atoms with Crippen molar-refractivity contribution in [3.8, 4) is 0 Å². The van der Waals surface area contributed by atoms with E-state index in [0.29, 0.717) is 18.4 Å². The van der Waals surface area contributed by atoms with E-state index in [2.05, 4.69) is 54.6 Å². The maximum absolute atomic E-state index is 12.7. The lowest BCUT2D eigenvalue weighted by Gasteiger charge is -2.40. The van der Waals surface area contributed by atoms with Crippen LogP contribution in [0.3, 0.4) is 0 Å². The first-order valence-corrected chi connectivity index (χ1v) is 11.4. The van der Waals surface area contributed by atoms with E-state index in [-0.39, 0.29) is 24.0 Å². The molecule has 30 heavy (non-hydrogen) atoms. The summed E-state index contributed by atoms with van der Waals surface area (Å²) in [5, 5.41) is 6.73. The molecule has 2 unspecified atom stereocenters. The van der Waals surface area contributed by atoms with Gasteiger partial charge in [-0.15, -0.1) is 0 Å². The highest BCUT2D eigenvalue weighted by Gasteiger charge is 2.35. The van der Waals surface area contributed by atoms with Gasteiger partial charge < -0.3 is 20.3 Å². The van der Waals surface area contributed by atoms with E-state index in [1.807, 2.05) is 17.9 Å². The highest BCUT2D eigenvalue weighted by molar-refractivity contribution is 5.85. The van der Waals surface area contributed by atoms with Crippen molar-refractivity contribution in [2.45, 2.75) is 59.6 Å². The second-order valence-corrected chi connectivity index (χ2v) is 9.47. The minimum Gasteiger partial charge on any atom is -0.377 e. The van der Waals surface area contributed by atoms with Gasteiger partial charge in [-0.25, -0.2) is 4.99 Å².